The molecule has 7 nitrogen and oxygen atoms in total. The van der Waals surface area contributed by atoms with Crippen LogP contribution in [0.2, 0.25) is 0 Å². The van der Waals surface area contributed by atoms with Gasteiger partial charge in [0.15, 0.2) is 0 Å². The molecule has 8 heteroatoms. The Hall–Kier alpha value is -2.71. The number of anilines is 2. The minimum atomic E-state index is -0.338. The molecule has 0 aliphatic heterocycles. The number of amides is 3. The summed E-state index contributed by atoms with van der Waals surface area (Å²) in [5, 5.41) is 8.19. The van der Waals surface area contributed by atoms with Gasteiger partial charge in [-0.1, -0.05) is 29.8 Å². The Labute approximate surface area is 185 Å². The van der Waals surface area contributed by atoms with Gasteiger partial charge in [-0.2, -0.15) is 0 Å². The number of nitrogens with zero attached hydrogens (tertiary/aromatic N) is 1. The van der Waals surface area contributed by atoms with Crippen LogP contribution in [0.15, 0.2) is 40.9 Å². The second-order valence-electron chi connectivity index (χ2n) is 7.30. The second-order valence-corrected chi connectivity index (χ2v) is 8.15. The van der Waals surface area contributed by atoms with Crippen LogP contribution in [-0.2, 0) is 14.4 Å². The molecule has 0 atom stereocenters. The van der Waals surface area contributed by atoms with E-state index in [-0.39, 0.29) is 37.4 Å². The van der Waals surface area contributed by atoms with Crippen LogP contribution >= 0.6 is 15.9 Å². The molecule has 0 saturated carbocycles. The molecule has 0 fully saturated rings. The Morgan fingerprint density at radius 2 is 1.50 bits per heavy atom. The van der Waals surface area contributed by atoms with E-state index in [0.29, 0.717) is 5.69 Å². The summed E-state index contributed by atoms with van der Waals surface area (Å²) in [4.78, 5) is 38.0. The van der Waals surface area contributed by atoms with Gasteiger partial charge in [-0.05, 0) is 67.0 Å². The van der Waals surface area contributed by atoms with E-state index in [1.165, 1.54) is 0 Å². The lowest BCUT2D eigenvalue weighted by Gasteiger charge is -2.18. The van der Waals surface area contributed by atoms with E-state index in [9.17, 15) is 14.4 Å². The highest BCUT2D eigenvalue weighted by Gasteiger charge is 2.14. The lowest BCUT2D eigenvalue weighted by molar-refractivity contribution is -0.125. The average Bonchev–Trinajstić information content (AvgIpc) is 2.64. The van der Waals surface area contributed by atoms with Gasteiger partial charge >= 0.3 is 0 Å². The van der Waals surface area contributed by atoms with Gasteiger partial charge in [0.25, 0.3) is 0 Å². The van der Waals surface area contributed by atoms with Crippen LogP contribution in [0.3, 0.4) is 0 Å². The molecule has 3 amide bonds. The first-order valence-electron chi connectivity index (χ1n) is 9.53. The number of benzene rings is 2. The number of aryl methyl sites for hydroxylation is 3. The molecule has 2 aromatic carbocycles. The van der Waals surface area contributed by atoms with Gasteiger partial charge in [-0.15, -0.1) is 0 Å². The zero-order valence-electron chi connectivity index (χ0n) is 17.6. The molecular formula is C22H27BrN4O3. The molecule has 0 aromatic heterocycles. The molecule has 0 aliphatic carbocycles. The third-order valence-electron chi connectivity index (χ3n) is 4.36. The number of halogens is 1. The number of carbonyl (C=O) groups is 3. The van der Waals surface area contributed by atoms with Gasteiger partial charge < -0.3 is 16.0 Å². The van der Waals surface area contributed by atoms with Crippen LogP contribution in [0.4, 0.5) is 11.4 Å². The van der Waals surface area contributed by atoms with E-state index in [0.717, 1.165) is 26.9 Å². The van der Waals surface area contributed by atoms with E-state index in [1.807, 2.05) is 45.0 Å². The number of nitrogens with one attached hydrogen (secondary N) is 3. The molecule has 0 saturated heterocycles. The van der Waals surface area contributed by atoms with Gasteiger partial charge in [0.05, 0.1) is 25.3 Å². The van der Waals surface area contributed by atoms with Crippen LogP contribution < -0.4 is 16.0 Å². The van der Waals surface area contributed by atoms with Crippen molar-refractivity contribution in [2.45, 2.75) is 20.8 Å². The Morgan fingerprint density at radius 3 is 2.13 bits per heavy atom. The van der Waals surface area contributed by atoms with Crippen molar-refractivity contribution in [1.29, 1.82) is 0 Å². The summed E-state index contributed by atoms with van der Waals surface area (Å²) in [5.41, 5.74) is 4.56. The topological polar surface area (TPSA) is 90.5 Å². The number of para-hydroxylation sites is 1. The molecule has 0 radical (unpaired) electrons. The first-order valence-corrected chi connectivity index (χ1v) is 10.3. The maximum absolute atomic E-state index is 12.3. The average molecular weight is 475 g/mol. The van der Waals surface area contributed by atoms with Crippen molar-refractivity contribution in [2.24, 2.45) is 0 Å². The molecule has 0 bridgehead atoms. The zero-order chi connectivity index (χ0) is 22.3. The summed E-state index contributed by atoms with van der Waals surface area (Å²) in [6.07, 6.45) is 0. The maximum atomic E-state index is 12.3. The van der Waals surface area contributed by atoms with Gasteiger partial charge in [0.1, 0.15) is 0 Å². The molecule has 0 heterocycles. The maximum Gasteiger partial charge on any atom is 0.243 e. The molecule has 2 aromatic rings. The Morgan fingerprint density at radius 1 is 0.900 bits per heavy atom. The molecule has 160 valence electrons. The Balaban J connectivity index is 1.77. The van der Waals surface area contributed by atoms with Crippen LogP contribution in [0.5, 0.6) is 0 Å². The van der Waals surface area contributed by atoms with Gasteiger partial charge in [-0.25, -0.2) is 0 Å². The van der Waals surface area contributed by atoms with Crippen LogP contribution in [0.25, 0.3) is 0 Å². The van der Waals surface area contributed by atoms with E-state index < -0.39 is 0 Å². The summed E-state index contributed by atoms with van der Waals surface area (Å²) < 4.78 is 0.759. The van der Waals surface area contributed by atoms with Crippen molar-refractivity contribution in [3.8, 4) is 0 Å². The molecular weight excluding hydrogens is 448 g/mol. The number of rotatable bonds is 8. The standard InChI is InChI=1S/C22H27BrN4O3/c1-14-9-15(2)22(16(3)10-14)26-21(30)13-27(4)12-20(29)24-11-19(28)25-18-8-6-5-7-17(18)23/h5-10H,11-13H2,1-4H3,(H,24,29)(H,25,28)(H,26,30). The number of likely N-dealkylation sites (N-methyl/N-ethyl adjacent to an activating group) is 1. The van der Waals surface area contributed by atoms with Crippen LogP contribution in [0, 0.1) is 20.8 Å². The van der Waals surface area contributed by atoms with Crippen molar-refractivity contribution >= 4 is 45.0 Å². The third-order valence-corrected chi connectivity index (χ3v) is 5.05. The molecule has 30 heavy (non-hydrogen) atoms. The fraction of sp³-hybridized carbons (Fsp3) is 0.318. The van der Waals surface area contributed by atoms with Crippen LogP contribution in [-0.4, -0.2) is 49.3 Å². The predicted octanol–water partition coefficient (Wildman–Crippen LogP) is 3.00. The highest BCUT2D eigenvalue weighted by Crippen LogP contribution is 2.22. The zero-order valence-corrected chi connectivity index (χ0v) is 19.2. The smallest absolute Gasteiger partial charge is 0.243 e. The van der Waals surface area contributed by atoms with Gasteiger partial charge in [0, 0.05) is 10.2 Å². The molecule has 0 spiro atoms. The second kappa shape index (κ2) is 10.9. The normalized spacial score (nSPS) is 10.6. The van der Waals surface area contributed by atoms with Crippen molar-refractivity contribution in [3.05, 3.63) is 57.6 Å². The lowest BCUT2D eigenvalue weighted by atomic mass is 10.1. The van der Waals surface area contributed by atoms with E-state index >= 15 is 0 Å². The fourth-order valence-corrected chi connectivity index (χ4v) is 3.48. The van der Waals surface area contributed by atoms with Crippen LogP contribution in [0.1, 0.15) is 16.7 Å². The quantitative estimate of drug-likeness (QED) is 0.548. The predicted molar refractivity (Wildman–Crippen MR) is 123 cm³/mol. The van der Waals surface area contributed by atoms with Gasteiger partial charge in [0.2, 0.25) is 17.7 Å². The third kappa shape index (κ3) is 7.27. The summed E-state index contributed by atoms with van der Waals surface area (Å²) in [6, 6.07) is 11.2. The fourth-order valence-electron chi connectivity index (χ4n) is 3.09. The lowest BCUT2D eigenvalue weighted by Crippen LogP contribution is -2.41. The molecule has 0 unspecified atom stereocenters. The first kappa shape index (κ1) is 23.6. The number of carbonyl (C=O) groups excluding carboxylic acids is 3. The largest absolute Gasteiger partial charge is 0.346 e. The Bertz CT molecular complexity index is 923. The summed E-state index contributed by atoms with van der Waals surface area (Å²) >= 11 is 3.35. The van der Waals surface area contributed by atoms with E-state index in [2.05, 4.69) is 31.9 Å². The first-order chi connectivity index (χ1) is 14.2. The SMILES string of the molecule is Cc1cc(C)c(NC(=O)CN(C)CC(=O)NCC(=O)Nc2ccccc2Br)c(C)c1. The minimum Gasteiger partial charge on any atom is -0.346 e. The summed E-state index contributed by atoms with van der Waals surface area (Å²) in [6.45, 7) is 5.82. The summed E-state index contributed by atoms with van der Waals surface area (Å²) in [5.74, 6) is -0.872. The highest BCUT2D eigenvalue weighted by molar-refractivity contribution is 9.10. The molecule has 0 aliphatic rings. The summed E-state index contributed by atoms with van der Waals surface area (Å²) in [7, 11) is 1.68. The van der Waals surface area contributed by atoms with Crippen molar-refractivity contribution < 1.29 is 14.4 Å². The van der Waals surface area contributed by atoms with E-state index in [1.54, 1.807) is 24.1 Å². The Kier molecular flexibility index (Phi) is 8.56. The van der Waals surface area contributed by atoms with Gasteiger partial charge in [-0.3, -0.25) is 19.3 Å². The number of hydrogen-bond donors (Lipinski definition) is 3. The highest BCUT2D eigenvalue weighted by atomic mass is 79.9. The van der Waals surface area contributed by atoms with E-state index in [4.69, 9.17) is 0 Å². The monoisotopic (exact) mass is 474 g/mol. The number of hydrogen-bond acceptors (Lipinski definition) is 4. The van der Waals surface area contributed by atoms with Crippen molar-refractivity contribution in [2.75, 3.05) is 37.3 Å². The molecule has 2 rings (SSSR count). The minimum absolute atomic E-state index is 0.00158. The molecule has 3 N–H and O–H groups in total. The van der Waals surface area contributed by atoms with Crippen molar-refractivity contribution in [3.63, 3.8) is 0 Å². The van der Waals surface area contributed by atoms with Crippen molar-refractivity contribution in [1.82, 2.24) is 10.2 Å².